The molecule has 3 N–H and O–H groups in total. The van der Waals surface area contributed by atoms with Gasteiger partial charge in [-0.1, -0.05) is 48.5 Å². The van der Waals surface area contributed by atoms with E-state index in [0.717, 1.165) is 44.8 Å². The Hall–Kier alpha value is -4.50. The summed E-state index contributed by atoms with van der Waals surface area (Å²) in [6.45, 7) is 0. The van der Waals surface area contributed by atoms with Gasteiger partial charge in [-0.25, -0.2) is 0 Å². The zero-order chi connectivity index (χ0) is 21.9. The summed E-state index contributed by atoms with van der Waals surface area (Å²) >= 11 is 0. The summed E-state index contributed by atoms with van der Waals surface area (Å²) in [5.74, 6) is 1.20. The van der Waals surface area contributed by atoms with Gasteiger partial charge >= 0.3 is 0 Å². The molecule has 6 rings (SSSR count). The third-order valence-electron chi connectivity index (χ3n) is 6.38. The van der Waals surface area contributed by atoms with E-state index in [0.29, 0.717) is 11.5 Å². The smallest absolute Gasteiger partial charge is 0.245 e. The van der Waals surface area contributed by atoms with E-state index >= 15 is 0 Å². The van der Waals surface area contributed by atoms with Crippen LogP contribution in [0, 0.1) is 11.3 Å². The minimum atomic E-state index is -0.929. The monoisotopic (exact) mass is 418 g/mol. The van der Waals surface area contributed by atoms with E-state index in [1.807, 2.05) is 48.5 Å². The number of nitrogens with zero attached hydrogens (tertiary/aromatic N) is 2. The first-order valence-electron chi connectivity index (χ1n) is 10.2. The molecule has 0 bridgehead atoms. The molecule has 0 saturated carbocycles. The van der Waals surface area contributed by atoms with Gasteiger partial charge in [0.15, 0.2) is 0 Å². The summed E-state index contributed by atoms with van der Waals surface area (Å²) in [6, 6.07) is 26.3. The van der Waals surface area contributed by atoms with Crippen molar-refractivity contribution in [3.8, 4) is 40.1 Å². The number of ether oxygens (including phenoxy) is 2. The second kappa shape index (κ2) is 6.50. The number of aromatic nitrogens is 2. The van der Waals surface area contributed by atoms with E-state index in [4.69, 9.17) is 15.2 Å². The van der Waals surface area contributed by atoms with Gasteiger partial charge < -0.3 is 15.2 Å². The number of methoxy groups -OCH3 is 1. The lowest BCUT2D eigenvalue weighted by Gasteiger charge is -2.35. The lowest BCUT2D eigenvalue weighted by atomic mass is 9.66. The molecule has 32 heavy (non-hydrogen) atoms. The number of nitrogens with two attached hydrogens (primary N) is 1. The number of benzene rings is 3. The lowest BCUT2D eigenvalue weighted by molar-refractivity contribution is 0.368. The molecule has 1 aliphatic carbocycles. The first-order valence-corrected chi connectivity index (χ1v) is 10.2. The molecule has 0 unspecified atom stereocenters. The van der Waals surface area contributed by atoms with Crippen LogP contribution in [0.25, 0.3) is 22.4 Å². The molecule has 0 fully saturated rings. The van der Waals surface area contributed by atoms with Crippen LogP contribution in [0.15, 0.2) is 84.3 Å². The molecule has 2 heterocycles. The van der Waals surface area contributed by atoms with E-state index in [1.54, 1.807) is 7.11 Å². The van der Waals surface area contributed by atoms with Gasteiger partial charge in [-0.15, -0.1) is 5.10 Å². The van der Waals surface area contributed by atoms with Crippen LogP contribution in [0.3, 0.4) is 0 Å². The topological polar surface area (TPSA) is 97.0 Å². The van der Waals surface area contributed by atoms with Gasteiger partial charge in [-0.05, 0) is 46.5 Å². The maximum Gasteiger partial charge on any atom is 0.245 e. The van der Waals surface area contributed by atoms with Gasteiger partial charge in [0, 0.05) is 5.56 Å². The Morgan fingerprint density at radius 1 is 0.969 bits per heavy atom. The Morgan fingerprint density at radius 2 is 1.59 bits per heavy atom. The molecule has 0 amide bonds. The molecular weight excluding hydrogens is 400 g/mol. The number of hydrogen-bond acceptors (Lipinski definition) is 5. The van der Waals surface area contributed by atoms with Gasteiger partial charge in [0.1, 0.15) is 17.4 Å². The third kappa shape index (κ3) is 2.14. The average Bonchev–Trinajstić information content (AvgIpc) is 3.38. The summed E-state index contributed by atoms with van der Waals surface area (Å²) in [4.78, 5) is 0. The first-order chi connectivity index (χ1) is 15.7. The summed E-state index contributed by atoms with van der Waals surface area (Å²) in [5, 5.41) is 17.9. The maximum absolute atomic E-state index is 10.3. The molecule has 0 atom stereocenters. The van der Waals surface area contributed by atoms with Crippen LogP contribution < -0.4 is 15.2 Å². The highest BCUT2D eigenvalue weighted by Gasteiger charge is 2.55. The highest BCUT2D eigenvalue weighted by atomic mass is 16.5. The number of allylic oxidation sites excluding steroid dienone is 1. The van der Waals surface area contributed by atoms with Gasteiger partial charge in [-0.2, -0.15) is 5.26 Å². The molecule has 4 aromatic rings. The van der Waals surface area contributed by atoms with E-state index in [1.165, 1.54) is 0 Å². The first kappa shape index (κ1) is 18.3. The number of nitrogens with one attached hydrogen (secondary N) is 1. The Balaban J connectivity index is 1.75. The van der Waals surface area contributed by atoms with Crippen molar-refractivity contribution in [1.82, 2.24) is 10.2 Å². The Bertz CT molecular complexity index is 1410. The second-order valence-electron chi connectivity index (χ2n) is 7.80. The minimum absolute atomic E-state index is 0.0688. The standard InChI is InChI=1S/C26H18N4O2/c1-31-16-12-10-15(11-13-16)23-22-25(30-29-23)32-24(28)21(14-27)26(22)19-8-4-2-6-17(19)18-7-3-5-9-20(18)26/h2-13H,28H2,1H3,(H,29,30). The highest BCUT2D eigenvalue weighted by molar-refractivity contribution is 5.90. The molecule has 1 aliphatic heterocycles. The largest absolute Gasteiger partial charge is 0.497 e. The zero-order valence-electron chi connectivity index (χ0n) is 17.2. The van der Waals surface area contributed by atoms with Crippen molar-refractivity contribution in [2.24, 2.45) is 5.73 Å². The van der Waals surface area contributed by atoms with Crippen molar-refractivity contribution in [3.05, 3.63) is 101 Å². The van der Waals surface area contributed by atoms with Crippen LogP contribution in [-0.4, -0.2) is 17.3 Å². The van der Waals surface area contributed by atoms with E-state index in [2.05, 4.69) is 40.5 Å². The molecule has 0 saturated heterocycles. The summed E-state index contributed by atoms with van der Waals surface area (Å²) in [5.41, 5.74) is 12.3. The van der Waals surface area contributed by atoms with E-state index in [9.17, 15) is 5.26 Å². The van der Waals surface area contributed by atoms with Crippen LogP contribution in [0.2, 0.25) is 0 Å². The fourth-order valence-electron chi connectivity index (χ4n) is 5.09. The molecule has 154 valence electrons. The quantitative estimate of drug-likeness (QED) is 0.500. The highest BCUT2D eigenvalue weighted by Crippen LogP contribution is 2.61. The Morgan fingerprint density at radius 3 is 2.19 bits per heavy atom. The van der Waals surface area contributed by atoms with E-state index < -0.39 is 5.41 Å². The van der Waals surface area contributed by atoms with Crippen LogP contribution >= 0.6 is 0 Å². The second-order valence-corrected chi connectivity index (χ2v) is 7.80. The van der Waals surface area contributed by atoms with Crippen molar-refractivity contribution in [3.63, 3.8) is 0 Å². The molecule has 1 spiro atoms. The minimum Gasteiger partial charge on any atom is -0.497 e. The predicted molar refractivity (Wildman–Crippen MR) is 120 cm³/mol. The van der Waals surface area contributed by atoms with Crippen molar-refractivity contribution < 1.29 is 9.47 Å². The Labute approximate surface area is 184 Å². The fourth-order valence-corrected chi connectivity index (χ4v) is 5.09. The zero-order valence-corrected chi connectivity index (χ0v) is 17.2. The van der Waals surface area contributed by atoms with Crippen molar-refractivity contribution in [2.45, 2.75) is 5.41 Å². The van der Waals surface area contributed by atoms with Gasteiger partial charge in [0.25, 0.3) is 0 Å². The average molecular weight is 418 g/mol. The van der Waals surface area contributed by atoms with Crippen molar-refractivity contribution >= 4 is 0 Å². The normalized spacial score (nSPS) is 14.9. The van der Waals surface area contributed by atoms with Crippen LogP contribution in [0.5, 0.6) is 11.6 Å². The summed E-state index contributed by atoms with van der Waals surface area (Å²) in [7, 11) is 1.63. The number of fused-ring (bicyclic) bond motifs is 7. The van der Waals surface area contributed by atoms with Gasteiger partial charge in [0.05, 0.1) is 23.8 Å². The van der Waals surface area contributed by atoms with Gasteiger partial charge in [0.2, 0.25) is 11.8 Å². The molecule has 2 aliphatic rings. The molecular formula is C26H18N4O2. The van der Waals surface area contributed by atoms with Crippen molar-refractivity contribution in [2.75, 3.05) is 7.11 Å². The molecule has 6 heteroatoms. The SMILES string of the molecule is COc1ccc(-c2[nH]nc3c2C2(C(C#N)=C(N)O3)c3ccccc3-c3ccccc32)cc1. The molecule has 1 aromatic heterocycles. The number of H-pyrrole nitrogens is 1. The molecule has 0 radical (unpaired) electrons. The Kier molecular flexibility index (Phi) is 3.71. The number of hydrogen-bond donors (Lipinski definition) is 2. The predicted octanol–water partition coefficient (Wildman–Crippen LogP) is 4.49. The van der Waals surface area contributed by atoms with Crippen molar-refractivity contribution in [1.29, 1.82) is 5.26 Å². The van der Waals surface area contributed by atoms with Gasteiger partial charge in [-0.3, -0.25) is 5.10 Å². The molecule has 6 nitrogen and oxygen atoms in total. The fraction of sp³-hybridized carbons (Fsp3) is 0.0769. The summed E-state index contributed by atoms with van der Waals surface area (Å²) in [6.07, 6.45) is 0. The van der Waals surface area contributed by atoms with Crippen LogP contribution in [0.4, 0.5) is 0 Å². The van der Waals surface area contributed by atoms with Crippen LogP contribution in [-0.2, 0) is 5.41 Å². The molecule has 3 aromatic carbocycles. The third-order valence-corrected chi connectivity index (χ3v) is 6.38. The maximum atomic E-state index is 10.3. The van der Waals surface area contributed by atoms with E-state index in [-0.39, 0.29) is 5.88 Å². The lowest BCUT2D eigenvalue weighted by Crippen LogP contribution is -2.36. The van der Waals surface area contributed by atoms with Crippen LogP contribution in [0.1, 0.15) is 16.7 Å². The summed E-state index contributed by atoms with van der Waals surface area (Å²) < 4.78 is 11.2. The number of nitriles is 1. The number of aromatic amines is 1. The number of rotatable bonds is 2.